The predicted octanol–water partition coefficient (Wildman–Crippen LogP) is 3.25. The number of ether oxygens (including phenoxy) is 1. The lowest BCUT2D eigenvalue weighted by Crippen LogP contribution is -2.39. The van der Waals surface area contributed by atoms with Crippen molar-refractivity contribution < 1.29 is 4.74 Å². The molecule has 1 aromatic carbocycles. The Kier molecular flexibility index (Phi) is 10.4. The molecule has 2 N–H and O–H groups in total. The summed E-state index contributed by atoms with van der Waals surface area (Å²) in [5, 5.41) is 9.72. The summed E-state index contributed by atoms with van der Waals surface area (Å²) in [6, 6.07) is 9.82. The number of benzene rings is 1. The third-order valence-corrected chi connectivity index (χ3v) is 3.88. The molecule has 0 amide bonds. The molecule has 0 aliphatic heterocycles. The highest BCUT2D eigenvalue weighted by Gasteiger charge is 2.00. The van der Waals surface area contributed by atoms with Gasteiger partial charge in [-0.05, 0) is 26.0 Å². The van der Waals surface area contributed by atoms with Gasteiger partial charge in [0.15, 0.2) is 5.96 Å². The van der Waals surface area contributed by atoms with Crippen molar-refractivity contribution in [1.82, 2.24) is 15.6 Å². The van der Waals surface area contributed by atoms with Crippen LogP contribution in [0.4, 0.5) is 0 Å². The third kappa shape index (κ3) is 7.96. The number of aromatic nitrogens is 1. The van der Waals surface area contributed by atoms with Gasteiger partial charge < -0.3 is 15.4 Å². The molecule has 0 unspecified atom stereocenters. The highest BCUT2D eigenvalue weighted by Crippen LogP contribution is 2.08. The monoisotopic (exact) mass is 460 g/mol. The number of nitrogens with one attached hydrogen (secondary N) is 2. The average Bonchev–Trinajstić information content (AvgIpc) is 2.98. The summed E-state index contributed by atoms with van der Waals surface area (Å²) in [5.74, 6) is 1.70. The van der Waals surface area contributed by atoms with Gasteiger partial charge in [-0.2, -0.15) is 0 Å². The Morgan fingerprint density at radius 2 is 2.04 bits per heavy atom. The molecule has 24 heavy (non-hydrogen) atoms. The van der Waals surface area contributed by atoms with Crippen LogP contribution in [0.2, 0.25) is 0 Å². The van der Waals surface area contributed by atoms with Crippen LogP contribution in [-0.4, -0.2) is 37.2 Å². The lowest BCUT2D eigenvalue weighted by Gasteiger charge is -2.12. The summed E-state index contributed by atoms with van der Waals surface area (Å²) in [6.07, 6.45) is 0.863. The molecule has 5 nitrogen and oxygen atoms in total. The molecule has 0 saturated heterocycles. The maximum absolute atomic E-state index is 5.66. The molecule has 0 bridgehead atoms. The SMILES string of the molecule is CCNC(=NCCc1csc(C)n1)NCCOc1ccccc1.I. The second kappa shape index (κ2) is 12.1. The van der Waals surface area contributed by atoms with Crippen molar-refractivity contribution >= 4 is 41.3 Å². The van der Waals surface area contributed by atoms with E-state index in [1.165, 1.54) is 0 Å². The Hall–Kier alpha value is -1.35. The highest BCUT2D eigenvalue weighted by molar-refractivity contribution is 14.0. The van der Waals surface area contributed by atoms with Gasteiger partial charge in [0, 0.05) is 24.9 Å². The van der Waals surface area contributed by atoms with Crippen molar-refractivity contribution in [1.29, 1.82) is 0 Å². The Balaban J connectivity index is 0.00000288. The summed E-state index contributed by atoms with van der Waals surface area (Å²) in [4.78, 5) is 9.02. The Morgan fingerprint density at radius 1 is 1.25 bits per heavy atom. The maximum Gasteiger partial charge on any atom is 0.191 e. The maximum atomic E-state index is 5.66. The summed E-state index contributed by atoms with van der Waals surface area (Å²) in [7, 11) is 0. The Labute approximate surface area is 165 Å². The highest BCUT2D eigenvalue weighted by atomic mass is 127. The van der Waals surface area contributed by atoms with Gasteiger partial charge in [0.05, 0.1) is 17.2 Å². The Bertz CT molecular complexity index is 604. The minimum absolute atomic E-state index is 0. The van der Waals surface area contributed by atoms with Crippen LogP contribution in [0.5, 0.6) is 5.75 Å². The van der Waals surface area contributed by atoms with E-state index in [0.29, 0.717) is 13.2 Å². The number of hydrogen-bond donors (Lipinski definition) is 2. The van der Waals surface area contributed by atoms with Gasteiger partial charge in [0.1, 0.15) is 12.4 Å². The first-order valence-electron chi connectivity index (χ1n) is 7.89. The van der Waals surface area contributed by atoms with Crippen molar-refractivity contribution in [3.8, 4) is 5.75 Å². The van der Waals surface area contributed by atoms with Crippen LogP contribution >= 0.6 is 35.3 Å². The molecule has 0 fully saturated rings. The first kappa shape index (κ1) is 20.7. The van der Waals surface area contributed by atoms with Crippen molar-refractivity contribution in [3.63, 3.8) is 0 Å². The predicted molar refractivity (Wildman–Crippen MR) is 112 cm³/mol. The number of halogens is 1. The molecule has 1 heterocycles. The van der Waals surface area contributed by atoms with E-state index in [1.807, 2.05) is 37.3 Å². The van der Waals surface area contributed by atoms with Gasteiger partial charge in [-0.15, -0.1) is 35.3 Å². The molecule has 2 rings (SSSR count). The number of rotatable bonds is 8. The number of guanidine groups is 1. The minimum atomic E-state index is 0. The number of aryl methyl sites for hydroxylation is 1. The minimum Gasteiger partial charge on any atom is -0.492 e. The molecular weight excluding hydrogens is 435 g/mol. The fraction of sp³-hybridized carbons (Fsp3) is 0.412. The van der Waals surface area contributed by atoms with Crippen molar-refractivity contribution in [2.75, 3.05) is 26.2 Å². The summed E-state index contributed by atoms with van der Waals surface area (Å²) < 4.78 is 5.66. The normalized spacial score (nSPS) is 10.8. The molecule has 132 valence electrons. The number of para-hydroxylation sites is 1. The van der Waals surface area contributed by atoms with Crippen molar-refractivity contribution in [2.45, 2.75) is 20.3 Å². The first-order valence-corrected chi connectivity index (χ1v) is 8.77. The standard InChI is InChI=1S/C17H24N4OS.HI/c1-3-18-17(19-10-9-15-13-23-14(2)21-15)20-11-12-22-16-7-5-4-6-8-16;/h4-8,13H,3,9-12H2,1-2H3,(H2,18,19,20);1H. The van der Waals surface area contributed by atoms with Crippen molar-refractivity contribution in [2.24, 2.45) is 4.99 Å². The summed E-state index contributed by atoms with van der Waals surface area (Å²) in [6.45, 7) is 6.94. The molecule has 1 aromatic heterocycles. The smallest absolute Gasteiger partial charge is 0.191 e. The largest absolute Gasteiger partial charge is 0.492 e. The number of aliphatic imine (C=N–C) groups is 1. The van der Waals surface area contributed by atoms with Gasteiger partial charge in [0.25, 0.3) is 0 Å². The Morgan fingerprint density at radius 3 is 2.71 bits per heavy atom. The zero-order valence-electron chi connectivity index (χ0n) is 14.1. The zero-order chi connectivity index (χ0) is 16.3. The van der Waals surface area contributed by atoms with Crippen LogP contribution in [0, 0.1) is 6.92 Å². The van der Waals surface area contributed by atoms with Gasteiger partial charge in [0.2, 0.25) is 0 Å². The van der Waals surface area contributed by atoms with E-state index in [1.54, 1.807) is 11.3 Å². The second-order valence-electron chi connectivity index (χ2n) is 4.96. The molecule has 7 heteroatoms. The zero-order valence-corrected chi connectivity index (χ0v) is 17.3. The van der Waals surface area contributed by atoms with Gasteiger partial charge >= 0.3 is 0 Å². The molecule has 0 aliphatic rings. The second-order valence-corrected chi connectivity index (χ2v) is 6.02. The average molecular weight is 460 g/mol. The molecule has 0 spiro atoms. The van der Waals surface area contributed by atoms with Crippen LogP contribution in [-0.2, 0) is 6.42 Å². The molecule has 0 atom stereocenters. The van der Waals surface area contributed by atoms with E-state index in [2.05, 4.69) is 32.9 Å². The summed E-state index contributed by atoms with van der Waals surface area (Å²) in [5.41, 5.74) is 1.11. The van der Waals surface area contributed by atoms with Gasteiger partial charge in [-0.1, -0.05) is 18.2 Å². The van der Waals surface area contributed by atoms with Crippen LogP contribution in [0.1, 0.15) is 17.6 Å². The molecule has 0 saturated carbocycles. The first-order chi connectivity index (χ1) is 11.3. The molecule has 0 radical (unpaired) electrons. The number of nitrogens with zero attached hydrogens (tertiary/aromatic N) is 2. The topological polar surface area (TPSA) is 58.5 Å². The quantitative estimate of drug-likeness (QED) is 0.275. The van der Waals surface area contributed by atoms with Crippen LogP contribution < -0.4 is 15.4 Å². The summed E-state index contributed by atoms with van der Waals surface area (Å²) >= 11 is 1.68. The van der Waals surface area contributed by atoms with E-state index >= 15 is 0 Å². The van der Waals surface area contributed by atoms with Gasteiger partial charge in [-0.3, -0.25) is 4.99 Å². The fourth-order valence-corrected chi connectivity index (χ4v) is 2.65. The van der Waals surface area contributed by atoms with E-state index in [0.717, 1.165) is 41.9 Å². The van der Waals surface area contributed by atoms with E-state index in [-0.39, 0.29) is 24.0 Å². The molecule has 0 aliphatic carbocycles. The van der Waals surface area contributed by atoms with Crippen LogP contribution in [0.15, 0.2) is 40.7 Å². The lowest BCUT2D eigenvalue weighted by atomic mass is 10.3. The fourth-order valence-electron chi connectivity index (χ4n) is 2.00. The van der Waals surface area contributed by atoms with Gasteiger partial charge in [-0.25, -0.2) is 4.98 Å². The van der Waals surface area contributed by atoms with E-state index < -0.39 is 0 Å². The number of thiazole rings is 1. The van der Waals surface area contributed by atoms with E-state index in [9.17, 15) is 0 Å². The van der Waals surface area contributed by atoms with Crippen LogP contribution in [0.25, 0.3) is 0 Å². The molecule has 2 aromatic rings. The number of hydrogen-bond acceptors (Lipinski definition) is 4. The van der Waals surface area contributed by atoms with Crippen molar-refractivity contribution in [3.05, 3.63) is 46.4 Å². The lowest BCUT2D eigenvalue weighted by molar-refractivity contribution is 0.322. The van der Waals surface area contributed by atoms with Crippen LogP contribution in [0.3, 0.4) is 0 Å². The van der Waals surface area contributed by atoms with E-state index in [4.69, 9.17) is 4.74 Å². The third-order valence-electron chi connectivity index (χ3n) is 3.06. The molecular formula is C17H25IN4OS.